The molecule has 0 spiro atoms. The van der Waals surface area contributed by atoms with Gasteiger partial charge in [0.25, 0.3) is 5.91 Å². The fourth-order valence-electron chi connectivity index (χ4n) is 3.66. The quantitative estimate of drug-likeness (QED) is 0.541. The van der Waals surface area contributed by atoms with Crippen molar-refractivity contribution >= 4 is 5.91 Å². The van der Waals surface area contributed by atoms with E-state index in [1.54, 1.807) is 49.5 Å². The van der Waals surface area contributed by atoms with Gasteiger partial charge in [-0.05, 0) is 66.6 Å². The standard InChI is InChI=1S/C26H27FN2O3/c1-16-5-6-18(11-23(16)27)13-29-26(31)22-12-19(25-20(14-30)4-3-9-28-25)7-8-24(22)32-15-21-10-17(21)2/h3-9,11-12,17,21,30H,10,13-15H2,1-2H3,(H,29,31). The second kappa shape index (κ2) is 9.49. The van der Waals surface area contributed by atoms with Gasteiger partial charge in [0.15, 0.2) is 0 Å². The van der Waals surface area contributed by atoms with Gasteiger partial charge in [-0.3, -0.25) is 9.78 Å². The molecule has 1 saturated carbocycles. The maximum atomic E-state index is 13.9. The number of nitrogens with one attached hydrogen (secondary N) is 1. The summed E-state index contributed by atoms with van der Waals surface area (Å²) in [5.41, 5.74) is 3.64. The summed E-state index contributed by atoms with van der Waals surface area (Å²) in [4.78, 5) is 17.5. The number of benzene rings is 2. The average Bonchev–Trinajstić information content (AvgIpc) is 3.53. The molecule has 32 heavy (non-hydrogen) atoms. The fourth-order valence-corrected chi connectivity index (χ4v) is 3.66. The Balaban J connectivity index is 1.59. The molecule has 166 valence electrons. The number of amides is 1. The molecule has 0 radical (unpaired) electrons. The molecule has 4 rings (SSSR count). The van der Waals surface area contributed by atoms with E-state index in [4.69, 9.17) is 4.74 Å². The highest BCUT2D eigenvalue weighted by Crippen LogP contribution is 2.38. The number of ether oxygens (including phenoxy) is 1. The number of aryl methyl sites for hydroxylation is 1. The Labute approximate surface area is 187 Å². The number of hydrogen-bond acceptors (Lipinski definition) is 4. The fraction of sp³-hybridized carbons (Fsp3) is 0.308. The molecule has 2 atom stereocenters. The van der Waals surface area contributed by atoms with E-state index < -0.39 is 0 Å². The first-order valence-corrected chi connectivity index (χ1v) is 10.8. The summed E-state index contributed by atoms with van der Waals surface area (Å²) in [6, 6.07) is 13.8. The molecule has 1 fully saturated rings. The normalized spacial score (nSPS) is 17.1. The van der Waals surface area contributed by atoms with Crippen LogP contribution in [0.5, 0.6) is 5.75 Å². The first kappa shape index (κ1) is 22.0. The van der Waals surface area contributed by atoms with E-state index in [1.165, 1.54) is 6.07 Å². The number of carbonyl (C=O) groups excluding carboxylic acids is 1. The predicted octanol–water partition coefficient (Wildman–Crippen LogP) is 4.65. The third-order valence-electron chi connectivity index (χ3n) is 5.98. The van der Waals surface area contributed by atoms with Crippen LogP contribution in [0.15, 0.2) is 54.7 Å². The van der Waals surface area contributed by atoms with Crippen molar-refractivity contribution < 1.29 is 19.0 Å². The molecule has 2 unspecified atom stereocenters. The van der Waals surface area contributed by atoms with Gasteiger partial charge in [-0.2, -0.15) is 0 Å². The summed E-state index contributed by atoms with van der Waals surface area (Å²) < 4.78 is 19.9. The van der Waals surface area contributed by atoms with Crippen molar-refractivity contribution in [1.29, 1.82) is 0 Å². The minimum Gasteiger partial charge on any atom is -0.492 e. The zero-order valence-electron chi connectivity index (χ0n) is 18.3. The molecule has 0 bridgehead atoms. The number of aromatic nitrogens is 1. The number of nitrogens with zero attached hydrogens (tertiary/aromatic N) is 1. The van der Waals surface area contributed by atoms with Crippen molar-refractivity contribution in [3.05, 3.63) is 82.8 Å². The van der Waals surface area contributed by atoms with Crippen molar-refractivity contribution in [3.8, 4) is 17.0 Å². The van der Waals surface area contributed by atoms with Gasteiger partial charge in [0, 0.05) is 23.9 Å². The van der Waals surface area contributed by atoms with E-state index >= 15 is 0 Å². The molecule has 1 heterocycles. The molecular formula is C26H27FN2O3. The van der Waals surface area contributed by atoms with Gasteiger partial charge in [0.2, 0.25) is 0 Å². The number of aliphatic hydroxyl groups is 1. The second-order valence-corrected chi connectivity index (χ2v) is 8.43. The van der Waals surface area contributed by atoms with Gasteiger partial charge in [-0.15, -0.1) is 0 Å². The topological polar surface area (TPSA) is 71.5 Å². The molecule has 5 nitrogen and oxygen atoms in total. The molecule has 3 aromatic rings. The second-order valence-electron chi connectivity index (χ2n) is 8.43. The third-order valence-corrected chi connectivity index (χ3v) is 5.98. The number of carbonyl (C=O) groups is 1. The van der Waals surface area contributed by atoms with Gasteiger partial charge in [0.05, 0.1) is 24.5 Å². The van der Waals surface area contributed by atoms with Crippen LogP contribution < -0.4 is 10.1 Å². The highest BCUT2D eigenvalue weighted by molar-refractivity contribution is 5.98. The Bertz CT molecular complexity index is 1130. The molecule has 0 aliphatic heterocycles. The van der Waals surface area contributed by atoms with E-state index in [0.29, 0.717) is 57.7 Å². The number of aliphatic hydroxyl groups excluding tert-OH is 1. The molecule has 1 aromatic heterocycles. The van der Waals surface area contributed by atoms with Gasteiger partial charge >= 0.3 is 0 Å². The van der Waals surface area contributed by atoms with Crippen LogP contribution in [-0.4, -0.2) is 22.6 Å². The van der Waals surface area contributed by atoms with E-state index in [9.17, 15) is 14.3 Å². The maximum Gasteiger partial charge on any atom is 0.255 e. The minimum atomic E-state index is -0.312. The Hall–Kier alpha value is -3.25. The van der Waals surface area contributed by atoms with Crippen LogP contribution in [0.1, 0.15) is 40.4 Å². The van der Waals surface area contributed by atoms with Crippen molar-refractivity contribution in [2.75, 3.05) is 6.61 Å². The van der Waals surface area contributed by atoms with Crippen LogP contribution in [0.4, 0.5) is 4.39 Å². The van der Waals surface area contributed by atoms with Crippen molar-refractivity contribution in [2.24, 2.45) is 11.8 Å². The van der Waals surface area contributed by atoms with E-state index in [-0.39, 0.29) is 24.9 Å². The van der Waals surface area contributed by atoms with Gasteiger partial charge in [-0.25, -0.2) is 4.39 Å². The van der Waals surface area contributed by atoms with Gasteiger partial charge < -0.3 is 15.2 Å². The lowest BCUT2D eigenvalue weighted by Gasteiger charge is -2.14. The zero-order chi connectivity index (χ0) is 22.7. The van der Waals surface area contributed by atoms with Crippen LogP contribution in [0.25, 0.3) is 11.3 Å². The lowest BCUT2D eigenvalue weighted by molar-refractivity contribution is 0.0946. The molecule has 0 saturated heterocycles. The van der Waals surface area contributed by atoms with Crippen molar-refractivity contribution in [3.63, 3.8) is 0 Å². The number of halogens is 1. The molecular weight excluding hydrogens is 407 g/mol. The lowest BCUT2D eigenvalue weighted by Crippen LogP contribution is -2.24. The smallest absolute Gasteiger partial charge is 0.255 e. The molecule has 1 amide bonds. The lowest BCUT2D eigenvalue weighted by atomic mass is 10.0. The summed E-state index contributed by atoms with van der Waals surface area (Å²) in [5.74, 6) is 1.05. The van der Waals surface area contributed by atoms with Crippen molar-refractivity contribution in [1.82, 2.24) is 10.3 Å². The van der Waals surface area contributed by atoms with E-state index in [2.05, 4.69) is 17.2 Å². The van der Waals surface area contributed by atoms with Crippen LogP contribution in [0.3, 0.4) is 0 Å². The maximum absolute atomic E-state index is 13.9. The summed E-state index contributed by atoms with van der Waals surface area (Å²) in [5, 5.41) is 12.5. The summed E-state index contributed by atoms with van der Waals surface area (Å²) >= 11 is 0. The summed E-state index contributed by atoms with van der Waals surface area (Å²) in [7, 11) is 0. The van der Waals surface area contributed by atoms with Crippen LogP contribution >= 0.6 is 0 Å². The van der Waals surface area contributed by atoms with Crippen LogP contribution in [0.2, 0.25) is 0 Å². The van der Waals surface area contributed by atoms with Gasteiger partial charge in [0.1, 0.15) is 11.6 Å². The Morgan fingerprint density at radius 2 is 2.06 bits per heavy atom. The average molecular weight is 435 g/mol. The minimum absolute atomic E-state index is 0.151. The Morgan fingerprint density at radius 3 is 2.78 bits per heavy atom. The monoisotopic (exact) mass is 434 g/mol. The highest BCUT2D eigenvalue weighted by Gasteiger charge is 2.33. The highest BCUT2D eigenvalue weighted by atomic mass is 19.1. The van der Waals surface area contributed by atoms with E-state index in [0.717, 1.165) is 6.42 Å². The zero-order valence-corrected chi connectivity index (χ0v) is 18.3. The van der Waals surface area contributed by atoms with Crippen molar-refractivity contribution in [2.45, 2.75) is 33.4 Å². The Morgan fingerprint density at radius 1 is 1.25 bits per heavy atom. The van der Waals surface area contributed by atoms with Crippen LogP contribution in [-0.2, 0) is 13.2 Å². The molecule has 1 aliphatic carbocycles. The molecule has 6 heteroatoms. The van der Waals surface area contributed by atoms with Crippen LogP contribution in [0, 0.1) is 24.6 Å². The van der Waals surface area contributed by atoms with E-state index in [1.807, 2.05) is 6.07 Å². The number of hydrogen-bond donors (Lipinski definition) is 2. The molecule has 2 N–H and O–H groups in total. The summed E-state index contributed by atoms with van der Waals surface area (Å²) in [6.45, 7) is 4.50. The first-order chi connectivity index (χ1) is 15.5. The third kappa shape index (κ3) is 4.97. The Kier molecular flexibility index (Phi) is 6.51. The van der Waals surface area contributed by atoms with Gasteiger partial charge in [-0.1, -0.05) is 25.1 Å². The summed E-state index contributed by atoms with van der Waals surface area (Å²) in [6.07, 6.45) is 2.78. The molecule has 1 aliphatic rings. The SMILES string of the molecule is Cc1ccc(CNC(=O)c2cc(-c3ncccc3CO)ccc2OCC2CC2C)cc1F. The number of rotatable bonds is 8. The molecule has 2 aromatic carbocycles. The number of pyridine rings is 1. The first-order valence-electron chi connectivity index (χ1n) is 10.8. The largest absolute Gasteiger partial charge is 0.492 e. The predicted molar refractivity (Wildman–Crippen MR) is 121 cm³/mol.